The molecule has 5 rings (SSSR count). The molecule has 2 aliphatic heterocycles. The molecule has 2 aliphatic rings. The van der Waals surface area contributed by atoms with E-state index < -0.39 is 5.60 Å². The summed E-state index contributed by atoms with van der Waals surface area (Å²) < 4.78 is 6.51. The standard InChI is InChI=1S/C23H22ClN3O2/c1-14-7-8-16-19(28)13-23(29-20(16)15(14)2)9-11-27(12-10-23)22-21(24)25-17-5-3-4-6-18(17)26-22/h3-8H,9-13H2,1-2H3. The van der Waals surface area contributed by atoms with Crippen LogP contribution in [0.2, 0.25) is 5.15 Å². The number of benzene rings is 2. The van der Waals surface area contributed by atoms with Crippen LogP contribution >= 0.6 is 11.6 Å². The van der Waals surface area contributed by atoms with Crippen molar-refractivity contribution in [3.05, 3.63) is 58.2 Å². The fourth-order valence-electron chi connectivity index (χ4n) is 4.36. The molecule has 0 amide bonds. The SMILES string of the molecule is Cc1ccc2c(c1C)OC1(CCN(c3nc4ccccc4nc3Cl)CC1)CC2=O. The van der Waals surface area contributed by atoms with Gasteiger partial charge >= 0.3 is 0 Å². The highest BCUT2D eigenvalue weighted by molar-refractivity contribution is 6.32. The van der Waals surface area contributed by atoms with Crippen molar-refractivity contribution < 1.29 is 9.53 Å². The smallest absolute Gasteiger partial charge is 0.172 e. The van der Waals surface area contributed by atoms with Gasteiger partial charge in [0.25, 0.3) is 0 Å². The molecule has 0 unspecified atom stereocenters. The van der Waals surface area contributed by atoms with E-state index in [1.165, 1.54) is 0 Å². The minimum atomic E-state index is -0.449. The maximum atomic E-state index is 12.8. The zero-order valence-electron chi connectivity index (χ0n) is 16.5. The number of rotatable bonds is 1. The molecule has 2 aromatic carbocycles. The predicted octanol–water partition coefficient (Wildman–Crippen LogP) is 4.90. The third-order valence-electron chi connectivity index (χ3n) is 6.26. The van der Waals surface area contributed by atoms with Gasteiger partial charge in [0.1, 0.15) is 11.4 Å². The number of carbonyl (C=O) groups excluding carboxylic acids is 1. The lowest BCUT2D eigenvalue weighted by molar-refractivity contribution is 0.0225. The quantitative estimate of drug-likeness (QED) is 0.574. The second-order valence-corrected chi connectivity index (χ2v) is 8.44. The Bertz CT molecular complexity index is 1140. The number of Topliss-reactive ketones (excluding diaryl/α,β-unsaturated/α-hetero) is 1. The fraction of sp³-hybridized carbons (Fsp3) is 0.348. The van der Waals surface area contributed by atoms with Crippen LogP contribution in [0.15, 0.2) is 36.4 Å². The van der Waals surface area contributed by atoms with Gasteiger partial charge in [-0.3, -0.25) is 4.79 Å². The lowest BCUT2D eigenvalue weighted by Crippen LogP contribution is -2.51. The third kappa shape index (κ3) is 3.04. The van der Waals surface area contributed by atoms with E-state index in [0.717, 1.165) is 53.8 Å². The zero-order chi connectivity index (χ0) is 20.2. The number of anilines is 1. The molecule has 0 atom stereocenters. The first-order valence-electron chi connectivity index (χ1n) is 9.95. The van der Waals surface area contributed by atoms with Gasteiger partial charge in [-0.15, -0.1) is 0 Å². The summed E-state index contributed by atoms with van der Waals surface area (Å²) in [6, 6.07) is 11.6. The van der Waals surface area contributed by atoms with Crippen LogP contribution in [0.3, 0.4) is 0 Å². The number of piperidine rings is 1. The molecule has 1 saturated heterocycles. The van der Waals surface area contributed by atoms with E-state index in [1.54, 1.807) is 0 Å². The molecular weight excluding hydrogens is 386 g/mol. The normalized spacial score (nSPS) is 18.0. The van der Waals surface area contributed by atoms with Gasteiger partial charge in [0.2, 0.25) is 0 Å². The molecule has 1 fully saturated rings. The van der Waals surface area contributed by atoms with Crippen molar-refractivity contribution in [1.82, 2.24) is 9.97 Å². The molecular formula is C23H22ClN3O2. The number of fused-ring (bicyclic) bond motifs is 2. The minimum Gasteiger partial charge on any atom is -0.486 e. The van der Waals surface area contributed by atoms with Gasteiger partial charge in [0.05, 0.1) is 23.0 Å². The number of ketones is 1. The molecule has 0 bridgehead atoms. The molecule has 5 nitrogen and oxygen atoms in total. The Morgan fingerprint density at radius 1 is 1.03 bits per heavy atom. The molecule has 1 spiro atoms. The van der Waals surface area contributed by atoms with Crippen LogP contribution in [0.5, 0.6) is 5.75 Å². The Kier molecular flexibility index (Phi) is 4.24. The average Bonchev–Trinajstić information content (AvgIpc) is 2.71. The fourth-order valence-corrected chi connectivity index (χ4v) is 4.61. The maximum Gasteiger partial charge on any atom is 0.172 e. The van der Waals surface area contributed by atoms with Crippen LogP contribution in [-0.4, -0.2) is 34.4 Å². The van der Waals surface area contributed by atoms with E-state index in [0.29, 0.717) is 23.0 Å². The van der Waals surface area contributed by atoms with Crippen LogP contribution < -0.4 is 9.64 Å². The van der Waals surface area contributed by atoms with E-state index in [-0.39, 0.29) is 5.78 Å². The third-order valence-corrected chi connectivity index (χ3v) is 6.52. The summed E-state index contributed by atoms with van der Waals surface area (Å²) in [7, 11) is 0. The van der Waals surface area contributed by atoms with Gasteiger partial charge in [-0.2, -0.15) is 0 Å². The molecule has 3 heterocycles. The van der Waals surface area contributed by atoms with Crippen LogP contribution in [0.25, 0.3) is 11.0 Å². The average molecular weight is 408 g/mol. The highest BCUT2D eigenvalue weighted by Gasteiger charge is 2.44. The first-order valence-corrected chi connectivity index (χ1v) is 10.3. The second-order valence-electron chi connectivity index (χ2n) is 8.08. The van der Waals surface area contributed by atoms with E-state index in [9.17, 15) is 4.79 Å². The number of ether oxygens (including phenoxy) is 1. The lowest BCUT2D eigenvalue weighted by Gasteiger charge is -2.44. The molecule has 6 heteroatoms. The van der Waals surface area contributed by atoms with Crippen molar-refractivity contribution in [3.63, 3.8) is 0 Å². The minimum absolute atomic E-state index is 0.173. The molecule has 1 aromatic heterocycles. The summed E-state index contributed by atoms with van der Waals surface area (Å²) in [5, 5.41) is 0.414. The first-order chi connectivity index (χ1) is 14.0. The van der Waals surface area contributed by atoms with Crippen molar-refractivity contribution >= 4 is 34.2 Å². The van der Waals surface area contributed by atoms with Crippen molar-refractivity contribution in [1.29, 1.82) is 0 Å². The summed E-state index contributed by atoms with van der Waals surface area (Å²) in [4.78, 5) is 24.2. The number of halogens is 1. The van der Waals surface area contributed by atoms with E-state index >= 15 is 0 Å². The topological polar surface area (TPSA) is 55.3 Å². The molecule has 0 aliphatic carbocycles. The molecule has 148 valence electrons. The Balaban J connectivity index is 1.41. The van der Waals surface area contributed by atoms with Crippen LogP contribution in [-0.2, 0) is 0 Å². The van der Waals surface area contributed by atoms with Crippen LogP contribution in [0.1, 0.15) is 40.7 Å². The van der Waals surface area contributed by atoms with E-state index in [1.807, 2.05) is 50.2 Å². The van der Waals surface area contributed by atoms with Crippen LogP contribution in [0, 0.1) is 13.8 Å². The van der Waals surface area contributed by atoms with Crippen molar-refractivity contribution in [3.8, 4) is 5.75 Å². The van der Waals surface area contributed by atoms with E-state index in [4.69, 9.17) is 21.3 Å². The Morgan fingerprint density at radius 3 is 2.45 bits per heavy atom. The summed E-state index contributed by atoms with van der Waals surface area (Å²) in [5.74, 6) is 1.64. The van der Waals surface area contributed by atoms with Gasteiger partial charge in [-0.1, -0.05) is 29.8 Å². The molecule has 29 heavy (non-hydrogen) atoms. The predicted molar refractivity (Wildman–Crippen MR) is 114 cm³/mol. The van der Waals surface area contributed by atoms with Gasteiger partial charge in [0.15, 0.2) is 16.8 Å². The highest BCUT2D eigenvalue weighted by Crippen LogP contribution is 2.42. The zero-order valence-corrected chi connectivity index (χ0v) is 17.3. The number of hydrogen-bond acceptors (Lipinski definition) is 5. The number of hydrogen-bond donors (Lipinski definition) is 0. The number of nitrogens with zero attached hydrogens (tertiary/aromatic N) is 3. The number of para-hydroxylation sites is 2. The van der Waals surface area contributed by atoms with Gasteiger partial charge < -0.3 is 9.64 Å². The molecule has 0 N–H and O–H groups in total. The number of carbonyl (C=O) groups is 1. The lowest BCUT2D eigenvalue weighted by atomic mass is 9.81. The van der Waals surface area contributed by atoms with Gasteiger partial charge in [-0.05, 0) is 43.2 Å². The van der Waals surface area contributed by atoms with Gasteiger partial charge in [0, 0.05) is 25.9 Å². The molecule has 3 aromatic rings. The highest BCUT2D eigenvalue weighted by atomic mass is 35.5. The first kappa shape index (κ1) is 18.4. The summed E-state index contributed by atoms with van der Waals surface area (Å²) in [6.45, 7) is 5.52. The van der Waals surface area contributed by atoms with Gasteiger partial charge in [-0.25, -0.2) is 9.97 Å². The maximum absolute atomic E-state index is 12.8. The van der Waals surface area contributed by atoms with Crippen LogP contribution in [0.4, 0.5) is 5.82 Å². The monoisotopic (exact) mass is 407 g/mol. The Labute approximate surface area is 174 Å². The number of aromatic nitrogens is 2. The van der Waals surface area contributed by atoms with Crippen molar-refractivity contribution in [2.75, 3.05) is 18.0 Å². The van der Waals surface area contributed by atoms with Crippen molar-refractivity contribution in [2.24, 2.45) is 0 Å². The Morgan fingerprint density at radius 2 is 1.72 bits per heavy atom. The molecule has 0 radical (unpaired) electrons. The summed E-state index contributed by atoms with van der Waals surface area (Å²) in [5.41, 5.74) is 4.08. The molecule has 0 saturated carbocycles. The number of aryl methyl sites for hydroxylation is 1. The summed E-state index contributed by atoms with van der Waals surface area (Å²) >= 11 is 6.44. The summed E-state index contributed by atoms with van der Waals surface area (Å²) in [6.07, 6.45) is 1.92. The second kappa shape index (κ2) is 6.70. The largest absolute Gasteiger partial charge is 0.486 e. The Hall–Kier alpha value is -2.66. The van der Waals surface area contributed by atoms with E-state index in [2.05, 4.69) is 9.88 Å². The van der Waals surface area contributed by atoms with Crippen molar-refractivity contribution in [2.45, 2.75) is 38.7 Å².